The molecule has 0 aliphatic rings. The van der Waals surface area contributed by atoms with Crippen LogP contribution in [0.15, 0.2) is 48.5 Å². The monoisotopic (exact) mass is 391 g/mol. The van der Waals surface area contributed by atoms with Gasteiger partial charge in [-0.2, -0.15) is 5.10 Å². The Bertz CT molecular complexity index is 972. The summed E-state index contributed by atoms with van der Waals surface area (Å²) in [5, 5.41) is 14.2. The number of rotatable bonds is 8. The molecule has 152 valence electrons. The predicted molar refractivity (Wildman–Crippen MR) is 115 cm³/mol. The quantitative estimate of drug-likeness (QED) is 0.581. The van der Waals surface area contributed by atoms with Crippen molar-refractivity contribution in [3.05, 3.63) is 71.3 Å². The number of hydrogen-bond acceptors (Lipinski definition) is 3. The summed E-state index contributed by atoms with van der Waals surface area (Å²) in [6, 6.07) is 15.1. The molecule has 5 heteroatoms. The number of carboxylic acids is 1. The van der Waals surface area contributed by atoms with Gasteiger partial charge in [0.2, 0.25) is 0 Å². The number of hydrogen-bond donors (Lipinski definition) is 1. The number of nitrogens with zero attached hydrogens (tertiary/aromatic N) is 3. The molecule has 0 atom stereocenters. The Morgan fingerprint density at radius 2 is 1.62 bits per heavy atom. The Morgan fingerprint density at radius 3 is 2.24 bits per heavy atom. The first-order valence-electron chi connectivity index (χ1n) is 10.2. The lowest BCUT2D eigenvalue weighted by Gasteiger charge is -2.10. The van der Waals surface area contributed by atoms with E-state index in [2.05, 4.69) is 27.7 Å². The Hall–Kier alpha value is -2.95. The maximum Gasteiger partial charge on any atom is 0.336 e. The van der Waals surface area contributed by atoms with Gasteiger partial charge in [0.25, 0.3) is 0 Å². The second-order valence-corrected chi connectivity index (χ2v) is 8.35. The van der Waals surface area contributed by atoms with Crippen molar-refractivity contribution in [3.8, 4) is 11.1 Å². The van der Waals surface area contributed by atoms with Gasteiger partial charge in [0.15, 0.2) is 5.82 Å². The molecule has 0 fully saturated rings. The number of benzene rings is 2. The highest BCUT2D eigenvalue weighted by atomic mass is 16.4. The zero-order chi connectivity index (χ0) is 21.0. The summed E-state index contributed by atoms with van der Waals surface area (Å²) in [5.74, 6) is 2.05. The molecule has 0 bridgehead atoms. The zero-order valence-electron chi connectivity index (χ0n) is 17.6. The SMILES string of the molecule is CC(C)Cc1nc(CC(C)C)n(Cc2ccc(-c3ccccc3C(=O)O)cc2)n1. The molecule has 1 aromatic heterocycles. The maximum atomic E-state index is 11.5. The van der Waals surface area contributed by atoms with Crippen molar-refractivity contribution in [2.75, 3.05) is 0 Å². The minimum atomic E-state index is -0.914. The standard InChI is InChI=1S/C24H29N3O2/c1-16(2)13-22-25-23(14-17(3)4)27(26-22)15-18-9-11-19(12-10-18)20-7-5-6-8-21(20)24(28)29/h5-12,16-17H,13-15H2,1-4H3,(H,28,29). The zero-order valence-corrected chi connectivity index (χ0v) is 17.6. The van der Waals surface area contributed by atoms with Gasteiger partial charge in [-0.1, -0.05) is 70.2 Å². The molecule has 1 N–H and O–H groups in total. The molecule has 0 amide bonds. The van der Waals surface area contributed by atoms with Crippen LogP contribution < -0.4 is 0 Å². The molecule has 0 unspecified atom stereocenters. The highest BCUT2D eigenvalue weighted by Crippen LogP contribution is 2.24. The van der Waals surface area contributed by atoms with E-state index >= 15 is 0 Å². The summed E-state index contributed by atoms with van der Waals surface area (Å²) in [6.45, 7) is 9.40. The molecule has 0 spiro atoms. The lowest BCUT2D eigenvalue weighted by molar-refractivity contribution is 0.0697. The third kappa shape index (κ3) is 5.31. The van der Waals surface area contributed by atoms with Crippen LogP contribution in [-0.4, -0.2) is 25.8 Å². The number of aromatic nitrogens is 3. The van der Waals surface area contributed by atoms with Crippen molar-refractivity contribution in [2.24, 2.45) is 11.8 Å². The van der Waals surface area contributed by atoms with Crippen molar-refractivity contribution < 1.29 is 9.90 Å². The molecular weight excluding hydrogens is 362 g/mol. The largest absolute Gasteiger partial charge is 0.478 e. The van der Waals surface area contributed by atoms with Crippen LogP contribution in [0.4, 0.5) is 0 Å². The van der Waals surface area contributed by atoms with Gasteiger partial charge in [0.05, 0.1) is 12.1 Å². The third-order valence-corrected chi connectivity index (χ3v) is 4.73. The summed E-state index contributed by atoms with van der Waals surface area (Å²) >= 11 is 0. The Kier molecular flexibility index (Phi) is 6.47. The molecule has 0 saturated carbocycles. The van der Waals surface area contributed by atoms with Crippen LogP contribution in [0.5, 0.6) is 0 Å². The van der Waals surface area contributed by atoms with E-state index in [9.17, 15) is 9.90 Å². The molecule has 1 heterocycles. The Labute approximate surface area is 172 Å². The van der Waals surface area contributed by atoms with E-state index < -0.39 is 5.97 Å². The summed E-state index contributed by atoms with van der Waals surface area (Å²) in [4.78, 5) is 16.3. The van der Waals surface area contributed by atoms with E-state index in [4.69, 9.17) is 10.1 Å². The van der Waals surface area contributed by atoms with Gasteiger partial charge in [-0.3, -0.25) is 0 Å². The molecule has 3 rings (SSSR count). The molecule has 0 saturated heterocycles. The lowest BCUT2D eigenvalue weighted by Crippen LogP contribution is -2.09. The average Bonchev–Trinajstić information content (AvgIpc) is 3.01. The predicted octanol–water partition coefficient (Wildman–Crippen LogP) is 5.09. The van der Waals surface area contributed by atoms with Gasteiger partial charge >= 0.3 is 5.97 Å². The summed E-state index contributed by atoms with van der Waals surface area (Å²) < 4.78 is 2.01. The van der Waals surface area contributed by atoms with Crippen LogP contribution in [0.3, 0.4) is 0 Å². The van der Waals surface area contributed by atoms with Crippen LogP contribution in [0, 0.1) is 11.8 Å². The smallest absolute Gasteiger partial charge is 0.336 e. The molecule has 0 aliphatic heterocycles. The summed E-state index contributed by atoms with van der Waals surface area (Å²) in [7, 11) is 0. The fourth-order valence-electron chi connectivity index (χ4n) is 3.40. The van der Waals surface area contributed by atoms with E-state index in [1.54, 1.807) is 12.1 Å². The molecule has 0 radical (unpaired) electrons. The van der Waals surface area contributed by atoms with Gasteiger partial charge in [-0.05, 0) is 34.6 Å². The normalized spacial score (nSPS) is 11.4. The van der Waals surface area contributed by atoms with E-state index in [-0.39, 0.29) is 0 Å². The minimum Gasteiger partial charge on any atom is -0.478 e. The summed E-state index contributed by atoms with van der Waals surface area (Å²) in [6.07, 6.45) is 1.78. The number of carbonyl (C=O) groups is 1. The fourth-order valence-corrected chi connectivity index (χ4v) is 3.40. The highest BCUT2D eigenvalue weighted by molar-refractivity contribution is 5.95. The molecule has 0 aliphatic carbocycles. The third-order valence-electron chi connectivity index (χ3n) is 4.73. The molecule has 2 aromatic carbocycles. The van der Waals surface area contributed by atoms with Crippen LogP contribution in [-0.2, 0) is 19.4 Å². The van der Waals surface area contributed by atoms with Crippen molar-refractivity contribution in [1.29, 1.82) is 0 Å². The Balaban J connectivity index is 1.85. The van der Waals surface area contributed by atoms with E-state index in [0.717, 1.165) is 41.2 Å². The van der Waals surface area contributed by atoms with Crippen LogP contribution >= 0.6 is 0 Å². The first-order valence-corrected chi connectivity index (χ1v) is 10.2. The molecule has 5 nitrogen and oxygen atoms in total. The van der Waals surface area contributed by atoms with E-state index in [1.807, 2.05) is 41.1 Å². The molecule has 3 aromatic rings. The second kappa shape index (κ2) is 9.03. The van der Waals surface area contributed by atoms with Gasteiger partial charge in [0.1, 0.15) is 5.82 Å². The maximum absolute atomic E-state index is 11.5. The first kappa shape index (κ1) is 20.8. The topological polar surface area (TPSA) is 68.0 Å². The van der Waals surface area contributed by atoms with Crippen molar-refractivity contribution in [2.45, 2.75) is 47.1 Å². The van der Waals surface area contributed by atoms with Crippen molar-refractivity contribution >= 4 is 5.97 Å². The van der Waals surface area contributed by atoms with Gasteiger partial charge in [-0.25, -0.2) is 14.5 Å². The van der Waals surface area contributed by atoms with Crippen LogP contribution in [0.1, 0.15) is 55.3 Å². The average molecular weight is 392 g/mol. The fraction of sp³-hybridized carbons (Fsp3) is 0.375. The number of carboxylic acid groups (broad SMARTS) is 1. The summed E-state index contributed by atoms with van der Waals surface area (Å²) in [5.41, 5.74) is 3.06. The number of aromatic carboxylic acids is 1. The second-order valence-electron chi connectivity index (χ2n) is 8.35. The molecule has 29 heavy (non-hydrogen) atoms. The van der Waals surface area contributed by atoms with E-state index in [0.29, 0.717) is 23.9 Å². The van der Waals surface area contributed by atoms with Crippen LogP contribution in [0.2, 0.25) is 0 Å². The first-order chi connectivity index (χ1) is 13.8. The minimum absolute atomic E-state index is 0.314. The van der Waals surface area contributed by atoms with E-state index in [1.165, 1.54) is 0 Å². The van der Waals surface area contributed by atoms with Crippen molar-refractivity contribution in [3.63, 3.8) is 0 Å². The molecular formula is C24H29N3O2. The van der Waals surface area contributed by atoms with Gasteiger partial charge < -0.3 is 5.11 Å². The van der Waals surface area contributed by atoms with Gasteiger partial charge in [0, 0.05) is 12.8 Å². The Morgan fingerprint density at radius 1 is 0.966 bits per heavy atom. The van der Waals surface area contributed by atoms with Gasteiger partial charge in [-0.15, -0.1) is 0 Å². The van der Waals surface area contributed by atoms with Crippen LogP contribution in [0.25, 0.3) is 11.1 Å². The highest BCUT2D eigenvalue weighted by Gasteiger charge is 2.14. The van der Waals surface area contributed by atoms with Crippen molar-refractivity contribution in [1.82, 2.24) is 14.8 Å². The lowest BCUT2D eigenvalue weighted by atomic mass is 9.99.